The number of guanidine groups is 1. The molecule has 0 bridgehead atoms. The lowest BCUT2D eigenvalue weighted by Crippen LogP contribution is -2.43. The fourth-order valence-electron chi connectivity index (χ4n) is 3.98. The summed E-state index contributed by atoms with van der Waals surface area (Å²) in [6.45, 7) is 6.33. The van der Waals surface area contributed by atoms with E-state index in [2.05, 4.69) is 33.0 Å². The number of likely N-dealkylation sites (tertiary alicyclic amines) is 1. The van der Waals surface area contributed by atoms with Crippen LogP contribution in [0.5, 0.6) is 5.75 Å². The van der Waals surface area contributed by atoms with E-state index in [1.807, 2.05) is 19.1 Å². The number of rotatable bonds is 9. The Kier molecular flexibility index (Phi) is 11.0. The number of aliphatic imine (C=N–C) groups is 1. The molecule has 2 aliphatic rings. The molecule has 3 amide bonds. The molecular formula is C22H35IN6O3. The van der Waals surface area contributed by atoms with E-state index in [0.29, 0.717) is 25.6 Å². The Morgan fingerprint density at radius 2 is 1.88 bits per heavy atom. The number of ether oxygens (including phenoxy) is 1. The average Bonchev–Trinajstić information content (AvgIpc) is 3.12. The molecule has 0 radical (unpaired) electrons. The van der Waals surface area contributed by atoms with Crippen LogP contribution in [0.1, 0.15) is 37.8 Å². The van der Waals surface area contributed by atoms with Crippen LogP contribution in [0.2, 0.25) is 0 Å². The third-order valence-corrected chi connectivity index (χ3v) is 5.66. The van der Waals surface area contributed by atoms with E-state index in [0.717, 1.165) is 25.4 Å². The molecule has 2 heterocycles. The van der Waals surface area contributed by atoms with Crippen molar-refractivity contribution >= 4 is 41.9 Å². The molecule has 2 aliphatic heterocycles. The number of amides is 3. The lowest BCUT2D eigenvalue weighted by atomic mass is 10.0. The van der Waals surface area contributed by atoms with Crippen molar-refractivity contribution in [3.05, 3.63) is 29.8 Å². The molecule has 3 rings (SSSR count). The highest BCUT2D eigenvalue weighted by Gasteiger charge is 2.27. The number of imide groups is 1. The van der Waals surface area contributed by atoms with Crippen molar-refractivity contribution in [2.45, 2.75) is 32.2 Å². The van der Waals surface area contributed by atoms with Gasteiger partial charge < -0.3 is 20.7 Å². The summed E-state index contributed by atoms with van der Waals surface area (Å²) in [5.41, 5.74) is 1.22. The van der Waals surface area contributed by atoms with E-state index in [9.17, 15) is 9.59 Å². The van der Waals surface area contributed by atoms with Crippen LogP contribution < -0.4 is 20.7 Å². The van der Waals surface area contributed by atoms with Gasteiger partial charge in [0, 0.05) is 19.6 Å². The van der Waals surface area contributed by atoms with Crippen LogP contribution in [0, 0.1) is 0 Å². The number of benzene rings is 1. The van der Waals surface area contributed by atoms with E-state index < -0.39 is 0 Å². The smallest absolute Gasteiger partial charge is 0.324 e. The summed E-state index contributed by atoms with van der Waals surface area (Å²) in [6.07, 6.45) is 3.70. The second kappa shape index (κ2) is 13.5. The molecule has 3 N–H and O–H groups in total. The molecule has 1 aromatic carbocycles. The van der Waals surface area contributed by atoms with Gasteiger partial charge in [0.05, 0.1) is 26.2 Å². The summed E-state index contributed by atoms with van der Waals surface area (Å²) in [7, 11) is 1.68. The molecule has 1 aromatic rings. The van der Waals surface area contributed by atoms with E-state index in [4.69, 9.17) is 9.73 Å². The summed E-state index contributed by atoms with van der Waals surface area (Å²) in [5.74, 6) is 1.34. The first-order chi connectivity index (χ1) is 15.1. The molecule has 2 fully saturated rings. The van der Waals surface area contributed by atoms with Gasteiger partial charge in [0.25, 0.3) is 0 Å². The van der Waals surface area contributed by atoms with Gasteiger partial charge in [0.1, 0.15) is 5.75 Å². The van der Waals surface area contributed by atoms with Gasteiger partial charge in [-0.15, -0.1) is 24.0 Å². The second-order valence-corrected chi connectivity index (χ2v) is 7.74. The van der Waals surface area contributed by atoms with Crippen LogP contribution in [0.3, 0.4) is 0 Å². The first kappa shape index (κ1) is 26.2. The van der Waals surface area contributed by atoms with Crippen molar-refractivity contribution in [1.82, 2.24) is 25.8 Å². The molecule has 1 unspecified atom stereocenters. The Labute approximate surface area is 207 Å². The van der Waals surface area contributed by atoms with Crippen LogP contribution in [-0.2, 0) is 4.79 Å². The summed E-state index contributed by atoms with van der Waals surface area (Å²) in [5, 5.41) is 9.03. The molecule has 10 heteroatoms. The molecule has 1 atom stereocenters. The summed E-state index contributed by atoms with van der Waals surface area (Å²) >= 11 is 0. The number of carbonyl (C=O) groups excluding carboxylic acids is 2. The minimum atomic E-state index is -0.335. The van der Waals surface area contributed by atoms with Crippen LogP contribution >= 0.6 is 24.0 Å². The standard InChI is InChI=1S/C22H34N6O3.HI/c1-3-23-21(24-11-14-28-20(29)16-26-22(28)30)25-15-19(27-12-5-4-6-13-27)17-7-9-18(31-2)10-8-17;/h7-10,19H,3-6,11-16H2,1-2H3,(H,26,30)(H2,23,24,25);1H. The Bertz CT molecular complexity index is 751. The van der Waals surface area contributed by atoms with E-state index >= 15 is 0 Å². The Hall–Kier alpha value is -2.08. The topological polar surface area (TPSA) is 98.3 Å². The highest BCUT2D eigenvalue weighted by Crippen LogP contribution is 2.26. The van der Waals surface area contributed by atoms with Gasteiger partial charge in [-0.05, 0) is 50.6 Å². The number of methoxy groups -OCH3 is 1. The summed E-state index contributed by atoms with van der Waals surface area (Å²) in [4.78, 5) is 32.0. The van der Waals surface area contributed by atoms with Gasteiger partial charge in [0.15, 0.2) is 5.96 Å². The molecule has 0 spiro atoms. The number of carbonyl (C=O) groups is 2. The molecule has 0 aromatic heterocycles. The van der Waals surface area contributed by atoms with Crippen LogP contribution in [0.15, 0.2) is 29.3 Å². The molecule has 9 nitrogen and oxygen atoms in total. The third-order valence-electron chi connectivity index (χ3n) is 5.66. The minimum Gasteiger partial charge on any atom is -0.497 e. The molecule has 0 saturated carbocycles. The quantitative estimate of drug-likeness (QED) is 0.186. The monoisotopic (exact) mass is 558 g/mol. The van der Waals surface area contributed by atoms with E-state index in [-0.39, 0.29) is 48.5 Å². The van der Waals surface area contributed by atoms with Gasteiger partial charge in [-0.2, -0.15) is 0 Å². The molecular weight excluding hydrogens is 523 g/mol. The van der Waals surface area contributed by atoms with Gasteiger partial charge in [-0.3, -0.25) is 19.6 Å². The predicted molar refractivity (Wildman–Crippen MR) is 136 cm³/mol. The zero-order valence-electron chi connectivity index (χ0n) is 18.9. The maximum atomic E-state index is 11.7. The molecule has 178 valence electrons. The summed E-state index contributed by atoms with van der Waals surface area (Å²) in [6, 6.07) is 8.08. The van der Waals surface area contributed by atoms with E-state index in [1.165, 1.54) is 29.7 Å². The van der Waals surface area contributed by atoms with Crippen molar-refractivity contribution in [2.75, 3.05) is 52.9 Å². The van der Waals surface area contributed by atoms with E-state index in [1.54, 1.807) is 7.11 Å². The number of hydrogen-bond donors (Lipinski definition) is 3. The SMILES string of the molecule is CCNC(=NCC(c1ccc(OC)cc1)N1CCCCC1)NCCN1C(=O)CNC1=O.I. The number of halogens is 1. The predicted octanol–water partition coefficient (Wildman–Crippen LogP) is 1.95. The molecule has 0 aliphatic carbocycles. The third kappa shape index (κ3) is 7.22. The number of piperidine rings is 1. The van der Waals surface area contributed by atoms with Crippen molar-refractivity contribution in [3.8, 4) is 5.75 Å². The normalized spacial score (nSPS) is 18.1. The van der Waals surface area contributed by atoms with Crippen molar-refractivity contribution in [1.29, 1.82) is 0 Å². The minimum absolute atomic E-state index is 0. The lowest BCUT2D eigenvalue weighted by molar-refractivity contribution is -0.124. The Balaban J connectivity index is 0.00000363. The van der Waals surface area contributed by atoms with Crippen LogP contribution in [-0.4, -0.2) is 80.6 Å². The molecule has 2 saturated heterocycles. The second-order valence-electron chi connectivity index (χ2n) is 7.74. The van der Waals surface area contributed by atoms with Gasteiger partial charge >= 0.3 is 6.03 Å². The maximum absolute atomic E-state index is 11.7. The number of hydrogen-bond acceptors (Lipinski definition) is 5. The average molecular weight is 558 g/mol. The number of nitrogens with zero attached hydrogens (tertiary/aromatic N) is 3. The zero-order chi connectivity index (χ0) is 22.1. The van der Waals surface area contributed by atoms with Crippen LogP contribution in [0.4, 0.5) is 4.79 Å². The Morgan fingerprint density at radius 3 is 2.47 bits per heavy atom. The fraction of sp³-hybridized carbons (Fsp3) is 0.591. The van der Waals surface area contributed by atoms with Gasteiger partial charge in [-0.1, -0.05) is 18.6 Å². The van der Waals surface area contributed by atoms with Crippen molar-refractivity contribution in [3.63, 3.8) is 0 Å². The first-order valence-corrected chi connectivity index (χ1v) is 11.1. The largest absolute Gasteiger partial charge is 0.497 e. The lowest BCUT2D eigenvalue weighted by Gasteiger charge is -2.34. The van der Waals surface area contributed by atoms with Crippen LogP contribution in [0.25, 0.3) is 0 Å². The Morgan fingerprint density at radius 1 is 1.16 bits per heavy atom. The fourth-order valence-corrected chi connectivity index (χ4v) is 3.98. The summed E-state index contributed by atoms with van der Waals surface area (Å²) < 4.78 is 5.31. The highest BCUT2D eigenvalue weighted by atomic mass is 127. The van der Waals surface area contributed by atoms with Gasteiger partial charge in [0.2, 0.25) is 5.91 Å². The maximum Gasteiger partial charge on any atom is 0.324 e. The van der Waals surface area contributed by atoms with Crippen molar-refractivity contribution < 1.29 is 14.3 Å². The van der Waals surface area contributed by atoms with Gasteiger partial charge in [-0.25, -0.2) is 4.79 Å². The van der Waals surface area contributed by atoms with Crippen molar-refractivity contribution in [2.24, 2.45) is 4.99 Å². The zero-order valence-corrected chi connectivity index (χ0v) is 21.3. The highest BCUT2D eigenvalue weighted by molar-refractivity contribution is 14.0. The number of urea groups is 1. The first-order valence-electron chi connectivity index (χ1n) is 11.1. The number of nitrogens with one attached hydrogen (secondary N) is 3. The molecule has 32 heavy (non-hydrogen) atoms.